The first-order chi connectivity index (χ1) is 11.6. The number of ether oxygens (including phenoxy) is 1. The summed E-state index contributed by atoms with van der Waals surface area (Å²) in [6, 6.07) is 6.32. The van der Waals surface area contributed by atoms with Gasteiger partial charge >= 0.3 is 11.9 Å². The van der Waals surface area contributed by atoms with Gasteiger partial charge in [-0.25, -0.2) is 0 Å². The van der Waals surface area contributed by atoms with Gasteiger partial charge in [0.25, 0.3) is 0 Å². The molecule has 0 spiro atoms. The van der Waals surface area contributed by atoms with Gasteiger partial charge in [0.15, 0.2) is 0 Å². The van der Waals surface area contributed by atoms with Crippen molar-refractivity contribution in [1.82, 2.24) is 9.78 Å². The number of rotatable bonds is 5. The highest BCUT2D eigenvalue weighted by Gasteiger charge is 2.44. The topological polar surface area (TPSA) is 99.3 Å². The van der Waals surface area contributed by atoms with E-state index < -0.39 is 34.9 Å². The third-order valence-electron chi connectivity index (χ3n) is 3.27. The Labute approximate surface area is 139 Å². The van der Waals surface area contributed by atoms with Gasteiger partial charge in [-0.05, 0) is 19.1 Å². The fourth-order valence-electron chi connectivity index (χ4n) is 2.14. The maximum atomic E-state index is 12.9. The molecule has 0 aliphatic carbocycles. The third kappa shape index (κ3) is 4.05. The van der Waals surface area contributed by atoms with E-state index in [4.69, 9.17) is 4.74 Å². The summed E-state index contributed by atoms with van der Waals surface area (Å²) in [5, 5.41) is 16.5. The Morgan fingerprint density at radius 2 is 2.12 bits per heavy atom. The molecule has 2 aromatic rings. The van der Waals surface area contributed by atoms with Crippen LogP contribution < -0.4 is 10.1 Å². The van der Waals surface area contributed by atoms with E-state index >= 15 is 0 Å². The molecule has 25 heavy (non-hydrogen) atoms. The molecule has 0 unspecified atom stereocenters. The quantitative estimate of drug-likeness (QED) is 0.654. The minimum Gasteiger partial charge on any atom is -0.497 e. The Morgan fingerprint density at radius 1 is 1.44 bits per heavy atom. The maximum absolute atomic E-state index is 12.9. The number of anilines is 1. The molecule has 1 N–H and O–H groups in total. The van der Waals surface area contributed by atoms with Gasteiger partial charge in [-0.2, -0.15) is 18.3 Å². The summed E-state index contributed by atoms with van der Waals surface area (Å²) in [5.41, 5.74) is -2.80. The molecule has 0 fully saturated rings. The first-order valence-corrected chi connectivity index (χ1v) is 6.86. The minimum atomic E-state index is -5.00. The van der Waals surface area contributed by atoms with Crippen molar-refractivity contribution in [3.8, 4) is 5.75 Å². The second-order valence-electron chi connectivity index (χ2n) is 4.98. The first-order valence-electron chi connectivity index (χ1n) is 6.86. The van der Waals surface area contributed by atoms with Crippen LogP contribution in [0.1, 0.15) is 11.4 Å². The minimum absolute atomic E-state index is 0.361. The molecule has 1 aromatic heterocycles. The van der Waals surface area contributed by atoms with Crippen molar-refractivity contribution in [3.63, 3.8) is 0 Å². The average molecular weight is 358 g/mol. The van der Waals surface area contributed by atoms with Gasteiger partial charge in [0, 0.05) is 11.8 Å². The van der Waals surface area contributed by atoms with Gasteiger partial charge in [-0.1, -0.05) is 6.07 Å². The molecule has 0 saturated carbocycles. The number of carbonyl (C=O) groups is 1. The molecule has 0 aliphatic heterocycles. The second-order valence-corrected chi connectivity index (χ2v) is 4.98. The van der Waals surface area contributed by atoms with E-state index in [1.807, 2.05) is 0 Å². The molecule has 8 nitrogen and oxygen atoms in total. The number of alkyl halides is 3. The van der Waals surface area contributed by atoms with Gasteiger partial charge in [0.1, 0.15) is 18.0 Å². The number of nitrogens with zero attached hydrogens (tertiary/aromatic N) is 3. The summed E-state index contributed by atoms with van der Waals surface area (Å²) < 4.78 is 44.3. The number of halogens is 3. The predicted octanol–water partition coefficient (Wildman–Crippen LogP) is 2.77. The van der Waals surface area contributed by atoms with Gasteiger partial charge in [0.2, 0.25) is 11.6 Å². The zero-order valence-corrected chi connectivity index (χ0v) is 13.1. The van der Waals surface area contributed by atoms with Gasteiger partial charge in [-0.15, -0.1) is 0 Å². The van der Waals surface area contributed by atoms with Crippen LogP contribution in [0.25, 0.3) is 0 Å². The number of carbonyl (C=O) groups excluding carboxylic acids is 1. The zero-order chi connectivity index (χ0) is 18.8. The first kappa shape index (κ1) is 18.2. The van der Waals surface area contributed by atoms with Gasteiger partial charge in [-0.3, -0.25) is 19.6 Å². The van der Waals surface area contributed by atoms with Gasteiger partial charge in [0.05, 0.1) is 12.0 Å². The Morgan fingerprint density at radius 3 is 2.64 bits per heavy atom. The summed E-state index contributed by atoms with van der Waals surface area (Å²) in [4.78, 5) is 21.7. The van der Waals surface area contributed by atoms with Crippen molar-refractivity contribution in [2.75, 3.05) is 12.4 Å². The van der Waals surface area contributed by atoms with Crippen molar-refractivity contribution < 1.29 is 27.6 Å². The highest BCUT2D eigenvalue weighted by molar-refractivity contribution is 5.90. The van der Waals surface area contributed by atoms with Crippen LogP contribution in [-0.2, 0) is 17.5 Å². The fraction of sp³-hybridized carbons (Fsp3) is 0.286. The number of hydrogen-bond acceptors (Lipinski definition) is 5. The lowest BCUT2D eigenvalue weighted by molar-refractivity contribution is -0.388. The highest BCUT2D eigenvalue weighted by Crippen LogP contribution is 2.36. The Hall–Kier alpha value is -3.11. The Balaban J connectivity index is 2.25. The van der Waals surface area contributed by atoms with Crippen LogP contribution in [0.2, 0.25) is 0 Å². The standard InChI is InChI=1S/C14H13F3N4O4/c1-8-12(21(23)24)13(14(15,16)17)19-20(8)7-11(22)18-9-4-3-5-10(6-9)25-2/h3-6H,7H2,1-2H3,(H,18,22). The Kier molecular flexibility index (Phi) is 4.95. The molecule has 2 rings (SSSR count). The number of hydrogen-bond donors (Lipinski definition) is 1. The van der Waals surface area contributed by atoms with E-state index in [0.717, 1.165) is 6.92 Å². The third-order valence-corrected chi connectivity index (χ3v) is 3.27. The molecule has 0 aliphatic rings. The second kappa shape index (κ2) is 6.79. The van der Waals surface area contributed by atoms with Crippen LogP contribution in [0.4, 0.5) is 24.5 Å². The van der Waals surface area contributed by atoms with E-state index in [2.05, 4.69) is 10.4 Å². The van der Waals surface area contributed by atoms with Crippen LogP contribution in [0.3, 0.4) is 0 Å². The number of benzene rings is 1. The summed E-state index contributed by atoms with van der Waals surface area (Å²) in [6.07, 6.45) is -5.00. The smallest absolute Gasteiger partial charge is 0.442 e. The molecular weight excluding hydrogens is 345 g/mol. The van der Waals surface area contributed by atoms with E-state index in [-0.39, 0.29) is 5.69 Å². The molecule has 1 aromatic carbocycles. The van der Waals surface area contributed by atoms with Crippen molar-refractivity contribution >= 4 is 17.3 Å². The molecular formula is C14H13F3N4O4. The zero-order valence-electron chi connectivity index (χ0n) is 13.1. The highest BCUT2D eigenvalue weighted by atomic mass is 19.4. The largest absolute Gasteiger partial charge is 0.497 e. The monoisotopic (exact) mass is 358 g/mol. The van der Waals surface area contributed by atoms with Crippen LogP contribution in [0.5, 0.6) is 5.75 Å². The molecule has 11 heteroatoms. The summed E-state index contributed by atoms with van der Waals surface area (Å²) in [7, 11) is 1.44. The SMILES string of the molecule is COc1cccc(NC(=O)Cn2nc(C(F)(F)F)c([N+](=O)[O-])c2C)c1. The summed E-state index contributed by atoms with van der Waals surface area (Å²) in [5.74, 6) is -0.217. The molecule has 0 saturated heterocycles. The van der Waals surface area contributed by atoms with Crippen LogP contribution in [0.15, 0.2) is 24.3 Å². The lowest BCUT2D eigenvalue weighted by Gasteiger charge is -2.08. The van der Waals surface area contributed by atoms with Crippen LogP contribution in [-0.4, -0.2) is 27.7 Å². The number of methoxy groups -OCH3 is 1. The molecule has 1 amide bonds. The van der Waals surface area contributed by atoms with E-state index in [0.29, 0.717) is 16.1 Å². The number of amides is 1. The normalized spacial score (nSPS) is 11.2. The lowest BCUT2D eigenvalue weighted by atomic mass is 10.3. The molecule has 0 radical (unpaired) electrons. The van der Waals surface area contributed by atoms with Gasteiger partial charge < -0.3 is 10.1 Å². The Bertz CT molecular complexity index is 817. The fourth-order valence-corrected chi connectivity index (χ4v) is 2.14. The van der Waals surface area contributed by atoms with Crippen molar-refractivity contribution in [1.29, 1.82) is 0 Å². The number of nitro groups is 1. The molecule has 1 heterocycles. The van der Waals surface area contributed by atoms with E-state index in [1.165, 1.54) is 13.2 Å². The van der Waals surface area contributed by atoms with Crippen LogP contribution in [0, 0.1) is 17.0 Å². The van der Waals surface area contributed by atoms with Crippen molar-refractivity contribution in [2.45, 2.75) is 19.6 Å². The summed E-state index contributed by atoms with van der Waals surface area (Å²) in [6.45, 7) is 0.485. The van der Waals surface area contributed by atoms with Crippen molar-refractivity contribution in [2.24, 2.45) is 0 Å². The maximum Gasteiger partial charge on any atom is 0.442 e. The number of aromatic nitrogens is 2. The van der Waals surface area contributed by atoms with E-state index in [9.17, 15) is 28.1 Å². The van der Waals surface area contributed by atoms with E-state index in [1.54, 1.807) is 18.2 Å². The predicted molar refractivity (Wildman–Crippen MR) is 80.2 cm³/mol. The molecule has 0 bridgehead atoms. The summed E-state index contributed by atoms with van der Waals surface area (Å²) >= 11 is 0. The average Bonchev–Trinajstić information content (AvgIpc) is 2.84. The lowest BCUT2D eigenvalue weighted by Crippen LogP contribution is -2.20. The van der Waals surface area contributed by atoms with Crippen LogP contribution >= 0.6 is 0 Å². The molecule has 0 atom stereocenters. The molecule has 134 valence electrons. The van der Waals surface area contributed by atoms with Crippen molar-refractivity contribution in [3.05, 3.63) is 45.8 Å². The number of nitrogens with one attached hydrogen (secondary N) is 1.